The molecule has 0 aliphatic heterocycles. The number of nitrogens with two attached hydrogens (primary N) is 1. The first-order valence-electron chi connectivity index (χ1n) is 6.30. The fourth-order valence-electron chi connectivity index (χ4n) is 1.56. The van der Waals surface area contributed by atoms with Crippen LogP contribution in [0.1, 0.15) is 33.6 Å². The van der Waals surface area contributed by atoms with Gasteiger partial charge in [-0.1, -0.05) is 27.2 Å². The molecule has 5 nitrogen and oxygen atoms in total. The van der Waals surface area contributed by atoms with Gasteiger partial charge in [-0.2, -0.15) is 0 Å². The lowest BCUT2D eigenvalue weighted by Gasteiger charge is -2.24. The van der Waals surface area contributed by atoms with Crippen LogP contribution in [0.25, 0.3) is 0 Å². The van der Waals surface area contributed by atoms with E-state index in [2.05, 4.69) is 12.2 Å². The smallest absolute Gasteiger partial charge is 0.237 e. The van der Waals surface area contributed by atoms with Crippen LogP contribution in [0, 0.1) is 5.92 Å². The number of nitrogens with one attached hydrogen (secondary N) is 1. The molecule has 17 heavy (non-hydrogen) atoms. The largest absolute Gasteiger partial charge is 0.368 e. The van der Waals surface area contributed by atoms with Gasteiger partial charge in [0.15, 0.2) is 0 Å². The second-order valence-electron chi connectivity index (χ2n) is 4.29. The van der Waals surface area contributed by atoms with Crippen molar-refractivity contribution in [1.29, 1.82) is 0 Å². The van der Waals surface area contributed by atoms with Gasteiger partial charge in [0.2, 0.25) is 11.8 Å². The fraction of sp³-hybridized carbons (Fsp3) is 0.833. The molecular formula is C12H25N3O2. The molecule has 0 saturated heterocycles. The molecule has 0 radical (unpaired) electrons. The Hall–Kier alpha value is -1.10. The van der Waals surface area contributed by atoms with Crippen LogP contribution in [0.3, 0.4) is 0 Å². The number of hydrogen-bond donors (Lipinski definition) is 2. The van der Waals surface area contributed by atoms with E-state index in [9.17, 15) is 9.59 Å². The summed E-state index contributed by atoms with van der Waals surface area (Å²) in [7, 11) is 0. The molecule has 0 spiro atoms. The number of hydrogen-bond acceptors (Lipinski definition) is 3. The molecule has 0 aromatic rings. The quantitative estimate of drug-likeness (QED) is 0.613. The maximum absolute atomic E-state index is 12.1. The SMILES string of the molecule is CCCCN(CC(N)=O)C(=O)C(C)CNCC. The second kappa shape index (κ2) is 8.98. The standard InChI is InChI=1S/C12H25N3O2/c1-4-6-7-15(9-11(13)16)12(17)10(3)8-14-5-2/h10,14H,4-9H2,1-3H3,(H2,13,16). The molecule has 0 aliphatic rings. The summed E-state index contributed by atoms with van der Waals surface area (Å²) in [5.41, 5.74) is 5.15. The van der Waals surface area contributed by atoms with E-state index < -0.39 is 5.91 Å². The lowest BCUT2D eigenvalue weighted by atomic mass is 10.1. The average molecular weight is 243 g/mol. The van der Waals surface area contributed by atoms with Crippen molar-refractivity contribution in [2.24, 2.45) is 11.7 Å². The molecule has 1 atom stereocenters. The van der Waals surface area contributed by atoms with Crippen LogP contribution in [0.5, 0.6) is 0 Å². The normalized spacial score (nSPS) is 12.2. The van der Waals surface area contributed by atoms with Gasteiger partial charge in [0.1, 0.15) is 0 Å². The van der Waals surface area contributed by atoms with Crippen molar-refractivity contribution in [3.05, 3.63) is 0 Å². The van der Waals surface area contributed by atoms with E-state index in [4.69, 9.17) is 5.73 Å². The van der Waals surface area contributed by atoms with Gasteiger partial charge in [-0.05, 0) is 13.0 Å². The van der Waals surface area contributed by atoms with Crippen LogP contribution in [0.15, 0.2) is 0 Å². The van der Waals surface area contributed by atoms with E-state index in [0.29, 0.717) is 13.1 Å². The molecule has 3 N–H and O–H groups in total. The van der Waals surface area contributed by atoms with Gasteiger partial charge >= 0.3 is 0 Å². The molecule has 1 unspecified atom stereocenters. The van der Waals surface area contributed by atoms with E-state index in [1.54, 1.807) is 4.90 Å². The van der Waals surface area contributed by atoms with E-state index in [-0.39, 0.29) is 18.4 Å². The minimum Gasteiger partial charge on any atom is -0.368 e. The Kier molecular flexibility index (Phi) is 8.40. The fourth-order valence-corrected chi connectivity index (χ4v) is 1.56. The number of carbonyl (C=O) groups excluding carboxylic acids is 2. The van der Waals surface area contributed by atoms with Crippen molar-refractivity contribution >= 4 is 11.8 Å². The van der Waals surface area contributed by atoms with Crippen LogP contribution in [-0.4, -0.2) is 42.9 Å². The summed E-state index contributed by atoms with van der Waals surface area (Å²) < 4.78 is 0. The first kappa shape index (κ1) is 15.9. The van der Waals surface area contributed by atoms with Gasteiger partial charge in [-0.25, -0.2) is 0 Å². The number of nitrogens with zero attached hydrogens (tertiary/aromatic N) is 1. The van der Waals surface area contributed by atoms with Gasteiger partial charge in [0, 0.05) is 19.0 Å². The Balaban J connectivity index is 4.33. The van der Waals surface area contributed by atoms with Crippen molar-refractivity contribution in [2.75, 3.05) is 26.2 Å². The maximum atomic E-state index is 12.1. The molecule has 0 aromatic carbocycles. The third kappa shape index (κ3) is 6.94. The van der Waals surface area contributed by atoms with Crippen LogP contribution in [0.2, 0.25) is 0 Å². The Morgan fingerprint density at radius 1 is 1.35 bits per heavy atom. The molecule has 0 heterocycles. The highest BCUT2D eigenvalue weighted by Gasteiger charge is 2.20. The summed E-state index contributed by atoms with van der Waals surface area (Å²) in [6, 6.07) is 0. The molecule has 100 valence electrons. The number of amides is 2. The highest BCUT2D eigenvalue weighted by Crippen LogP contribution is 2.04. The van der Waals surface area contributed by atoms with Gasteiger partial charge < -0.3 is 16.0 Å². The summed E-state index contributed by atoms with van der Waals surface area (Å²) in [6.45, 7) is 8.01. The Morgan fingerprint density at radius 2 is 2.00 bits per heavy atom. The maximum Gasteiger partial charge on any atom is 0.237 e. The predicted molar refractivity (Wildman–Crippen MR) is 68.4 cm³/mol. The summed E-state index contributed by atoms with van der Waals surface area (Å²) in [5.74, 6) is -0.575. The minimum atomic E-state index is -0.454. The second-order valence-corrected chi connectivity index (χ2v) is 4.29. The molecule has 0 fully saturated rings. The Morgan fingerprint density at radius 3 is 2.47 bits per heavy atom. The molecule has 2 amide bonds. The third-order valence-electron chi connectivity index (χ3n) is 2.56. The van der Waals surface area contributed by atoms with Gasteiger partial charge in [-0.3, -0.25) is 9.59 Å². The van der Waals surface area contributed by atoms with Crippen LogP contribution >= 0.6 is 0 Å². The monoisotopic (exact) mass is 243 g/mol. The molecule has 5 heteroatoms. The zero-order valence-electron chi connectivity index (χ0n) is 11.2. The summed E-state index contributed by atoms with van der Waals surface area (Å²) in [4.78, 5) is 24.6. The highest BCUT2D eigenvalue weighted by atomic mass is 16.2. The topological polar surface area (TPSA) is 75.4 Å². The van der Waals surface area contributed by atoms with Gasteiger partial charge in [-0.15, -0.1) is 0 Å². The molecule has 0 bridgehead atoms. The first-order valence-corrected chi connectivity index (χ1v) is 6.30. The number of primary amides is 1. The lowest BCUT2D eigenvalue weighted by molar-refractivity contribution is -0.138. The Labute approximate surface area is 104 Å². The average Bonchev–Trinajstić information content (AvgIpc) is 2.29. The summed E-state index contributed by atoms with van der Waals surface area (Å²) >= 11 is 0. The van der Waals surface area contributed by atoms with Gasteiger partial charge in [0.25, 0.3) is 0 Å². The molecule has 0 rings (SSSR count). The van der Waals surface area contributed by atoms with Crippen molar-refractivity contribution in [3.63, 3.8) is 0 Å². The lowest BCUT2D eigenvalue weighted by Crippen LogP contribution is -2.43. The minimum absolute atomic E-state index is 0.00167. The van der Waals surface area contributed by atoms with E-state index >= 15 is 0 Å². The molecule has 0 aromatic heterocycles. The number of carbonyl (C=O) groups is 2. The van der Waals surface area contributed by atoms with Crippen molar-refractivity contribution < 1.29 is 9.59 Å². The first-order chi connectivity index (χ1) is 8.02. The van der Waals surface area contributed by atoms with Crippen molar-refractivity contribution in [3.8, 4) is 0 Å². The van der Waals surface area contributed by atoms with E-state index in [1.165, 1.54) is 0 Å². The number of rotatable bonds is 9. The van der Waals surface area contributed by atoms with Crippen molar-refractivity contribution in [2.45, 2.75) is 33.6 Å². The zero-order chi connectivity index (χ0) is 13.3. The van der Waals surface area contributed by atoms with Crippen LogP contribution in [0.4, 0.5) is 0 Å². The predicted octanol–water partition coefficient (Wildman–Crippen LogP) is 0.346. The van der Waals surface area contributed by atoms with Crippen LogP contribution < -0.4 is 11.1 Å². The molecule has 0 saturated carbocycles. The van der Waals surface area contributed by atoms with E-state index in [1.807, 2.05) is 13.8 Å². The zero-order valence-corrected chi connectivity index (χ0v) is 11.2. The number of unbranched alkanes of at least 4 members (excludes halogenated alkanes) is 1. The highest BCUT2D eigenvalue weighted by molar-refractivity contribution is 5.85. The van der Waals surface area contributed by atoms with Crippen LogP contribution in [-0.2, 0) is 9.59 Å². The third-order valence-corrected chi connectivity index (χ3v) is 2.56. The Bertz CT molecular complexity index is 244. The molecular weight excluding hydrogens is 218 g/mol. The van der Waals surface area contributed by atoms with E-state index in [0.717, 1.165) is 19.4 Å². The summed E-state index contributed by atoms with van der Waals surface area (Å²) in [5, 5.41) is 3.13. The molecule has 0 aliphatic carbocycles. The van der Waals surface area contributed by atoms with Crippen molar-refractivity contribution in [1.82, 2.24) is 10.2 Å². The van der Waals surface area contributed by atoms with Gasteiger partial charge in [0.05, 0.1) is 6.54 Å². The summed E-state index contributed by atoms with van der Waals surface area (Å²) in [6.07, 6.45) is 1.89.